The maximum atomic E-state index is 14.1. The summed E-state index contributed by atoms with van der Waals surface area (Å²) >= 11 is 8.40. The minimum absolute atomic E-state index is 0.0420. The number of aliphatic hydroxyl groups is 1. The number of benzene rings is 1. The summed E-state index contributed by atoms with van der Waals surface area (Å²) in [6, 6.07) is 3.59. The summed E-state index contributed by atoms with van der Waals surface area (Å²) < 4.78 is 29.1. The molecule has 3 heterocycles. The van der Waals surface area contributed by atoms with Crippen molar-refractivity contribution < 1.29 is 48.0 Å². The van der Waals surface area contributed by atoms with Gasteiger partial charge in [-0.05, 0) is 50.6 Å². The van der Waals surface area contributed by atoms with Crippen LogP contribution in [0.1, 0.15) is 58.9 Å². The van der Waals surface area contributed by atoms with Crippen molar-refractivity contribution in [1.29, 1.82) is 0 Å². The van der Waals surface area contributed by atoms with Crippen LogP contribution >= 0.6 is 23.4 Å². The number of anilines is 1. The molecule has 4 rings (SSSR count). The molecule has 0 aromatic heterocycles. The van der Waals surface area contributed by atoms with Crippen LogP contribution in [0.4, 0.5) is 10.5 Å². The second-order valence-corrected chi connectivity index (χ2v) is 15.8. The Hall–Kier alpha value is -3.30. The third kappa shape index (κ3) is 9.62. The third-order valence-corrected chi connectivity index (χ3v) is 11.6. The standard InChI is InChI=1S/C37H52ClN3O10S/c1-21-11-10-12-28(48-8)37(46)19-27(49-35(45)39-37)23(3)34-36(4,51-34)29(50-32(44)20-40(5)30(42)14-13-22(2)52-9)18-31(43)41(6)25-16-24(15-21)17-26(47-7)33(25)38/h10-12,16-17,22-23,27-29,34,46H,13-15,18-20H2,1-9H3,(H,39,45)/b12-10+,21-11+/t22?,23-,27+,28-,29+,34+,36+,37+/m1/s1. The Balaban J connectivity index is 1.71. The first-order chi connectivity index (χ1) is 24.5. The van der Waals surface area contributed by atoms with Crippen molar-refractivity contribution in [3.05, 3.63) is 46.5 Å². The van der Waals surface area contributed by atoms with E-state index >= 15 is 0 Å². The first-order valence-electron chi connectivity index (χ1n) is 17.3. The van der Waals surface area contributed by atoms with E-state index in [1.807, 2.05) is 26.2 Å². The number of thioether (sulfide) groups is 1. The molecule has 13 nitrogen and oxygen atoms in total. The molecule has 2 N–H and O–H groups in total. The highest BCUT2D eigenvalue weighted by atomic mass is 35.5. The van der Waals surface area contributed by atoms with Gasteiger partial charge in [0.15, 0.2) is 5.72 Å². The molecule has 1 aromatic rings. The zero-order chi connectivity index (χ0) is 38.5. The lowest BCUT2D eigenvalue weighted by molar-refractivity contribution is -0.157. The highest BCUT2D eigenvalue weighted by Gasteiger charge is 2.64. The first kappa shape index (κ1) is 41.5. The summed E-state index contributed by atoms with van der Waals surface area (Å²) in [4.78, 5) is 55.8. The molecule has 3 aliphatic rings. The van der Waals surface area contributed by atoms with Gasteiger partial charge in [0.1, 0.15) is 41.2 Å². The van der Waals surface area contributed by atoms with Gasteiger partial charge in [-0.15, -0.1) is 0 Å². The van der Waals surface area contributed by atoms with E-state index in [0.717, 1.165) is 11.1 Å². The molecule has 0 aliphatic carbocycles. The second kappa shape index (κ2) is 17.2. The molecule has 4 bridgehead atoms. The van der Waals surface area contributed by atoms with Crippen molar-refractivity contribution >= 4 is 52.9 Å². The number of epoxide rings is 1. The maximum Gasteiger partial charge on any atom is 0.409 e. The predicted octanol–water partition coefficient (Wildman–Crippen LogP) is 4.66. The molecule has 0 saturated carbocycles. The van der Waals surface area contributed by atoms with Gasteiger partial charge in [-0.25, -0.2) is 4.79 Å². The van der Waals surface area contributed by atoms with Crippen LogP contribution in [0, 0.1) is 5.92 Å². The number of hydrogen-bond donors (Lipinski definition) is 2. The Morgan fingerprint density at radius 3 is 2.63 bits per heavy atom. The fourth-order valence-electron chi connectivity index (χ4n) is 6.72. The van der Waals surface area contributed by atoms with Gasteiger partial charge in [-0.2, -0.15) is 11.8 Å². The van der Waals surface area contributed by atoms with E-state index in [4.69, 9.17) is 35.3 Å². The van der Waals surface area contributed by atoms with Crippen molar-refractivity contribution in [2.24, 2.45) is 5.92 Å². The minimum Gasteiger partial charge on any atom is -0.495 e. The van der Waals surface area contributed by atoms with E-state index in [1.54, 1.807) is 56.9 Å². The number of nitrogens with one attached hydrogen (secondary N) is 1. The number of likely N-dealkylation sites (N-methyl/N-ethyl adjacent to an activating group) is 1. The fourth-order valence-corrected chi connectivity index (χ4v) is 7.39. The zero-order valence-electron chi connectivity index (χ0n) is 31.4. The van der Waals surface area contributed by atoms with Crippen LogP contribution in [-0.2, 0) is 39.8 Å². The van der Waals surface area contributed by atoms with Crippen LogP contribution in [0.2, 0.25) is 5.02 Å². The van der Waals surface area contributed by atoms with Gasteiger partial charge < -0.3 is 38.6 Å². The quantitative estimate of drug-likeness (QED) is 0.266. The van der Waals surface area contributed by atoms with E-state index in [1.165, 1.54) is 31.1 Å². The minimum atomic E-state index is -1.82. The van der Waals surface area contributed by atoms with E-state index in [0.29, 0.717) is 24.3 Å². The van der Waals surface area contributed by atoms with E-state index in [2.05, 4.69) is 5.32 Å². The molecule has 1 unspecified atom stereocenters. The van der Waals surface area contributed by atoms with Gasteiger partial charge >= 0.3 is 12.1 Å². The van der Waals surface area contributed by atoms with Crippen LogP contribution < -0.4 is 15.0 Å². The second-order valence-electron chi connectivity index (χ2n) is 14.1. The molecule has 52 heavy (non-hydrogen) atoms. The molecular weight excluding hydrogens is 714 g/mol. The molecule has 1 aromatic carbocycles. The summed E-state index contributed by atoms with van der Waals surface area (Å²) in [6.07, 6.45) is 3.97. The average Bonchev–Trinajstić information content (AvgIpc) is 3.79. The van der Waals surface area contributed by atoms with E-state index < -0.39 is 59.6 Å². The number of methoxy groups -OCH3 is 2. The molecule has 288 valence electrons. The van der Waals surface area contributed by atoms with Crippen molar-refractivity contribution in [2.75, 3.05) is 46.0 Å². The molecule has 0 spiro atoms. The van der Waals surface area contributed by atoms with Crippen molar-refractivity contribution in [1.82, 2.24) is 10.2 Å². The number of nitrogens with zero attached hydrogens (tertiary/aromatic N) is 2. The molecule has 2 saturated heterocycles. The molecule has 3 amide bonds. The number of esters is 1. The Labute approximate surface area is 315 Å². The van der Waals surface area contributed by atoms with Gasteiger partial charge in [0, 0.05) is 45.2 Å². The normalized spacial score (nSPS) is 31.6. The Morgan fingerprint density at radius 2 is 1.98 bits per heavy atom. The number of carbonyl (C=O) groups is 4. The summed E-state index contributed by atoms with van der Waals surface area (Å²) in [7, 11) is 6.04. The van der Waals surface area contributed by atoms with Gasteiger partial charge in [0.2, 0.25) is 11.8 Å². The number of rotatable bonds is 9. The lowest BCUT2D eigenvalue weighted by Gasteiger charge is -2.42. The molecule has 0 radical (unpaired) electrons. The number of fused-ring (bicyclic) bond motifs is 5. The van der Waals surface area contributed by atoms with E-state index in [9.17, 15) is 24.3 Å². The van der Waals surface area contributed by atoms with Crippen LogP contribution in [0.5, 0.6) is 5.75 Å². The summed E-state index contributed by atoms with van der Waals surface area (Å²) in [6.45, 7) is 7.16. The van der Waals surface area contributed by atoms with Crippen molar-refractivity contribution in [3.8, 4) is 5.75 Å². The largest absolute Gasteiger partial charge is 0.495 e. The van der Waals surface area contributed by atoms with E-state index in [-0.39, 0.29) is 42.0 Å². The first-order valence-corrected chi connectivity index (χ1v) is 19.0. The lowest BCUT2D eigenvalue weighted by atomic mass is 9.83. The third-order valence-electron chi connectivity index (χ3n) is 10.2. The number of amides is 3. The fraction of sp³-hybridized carbons (Fsp3) is 0.622. The number of hydrogen-bond acceptors (Lipinski definition) is 11. The van der Waals surface area contributed by atoms with Gasteiger partial charge in [-0.1, -0.05) is 49.2 Å². The number of ether oxygens (including phenoxy) is 5. The van der Waals surface area contributed by atoms with Gasteiger partial charge in [0.25, 0.3) is 0 Å². The molecule has 8 atom stereocenters. The summed E-state index contributed by atoms with van der Waals surface area (Å²) in [5.74, 6) is -1.47. The number of carbonyl (C=O) groups excluding carboxylic acids is 4. The zero-order valence-corrected chi connectivity index (χ0v) is 33.0. The topological polar surface area (TPSA) is 156 Å². The lowest BCUT2D eigenvalue weighted by Crippen LogP contribution is -2.63. The van der Waals surface area contributed by atoms with Gasteiger partial charge in [-0.3, -0.25) is 19.7 Å². The Kier molecular flexibility index (Phi) is 13.7. The monoisotopic (exact) mass is 765 g/mol. The van der Waals surface area contributed by atoms with Crippen molar-refractivity contribution in [3.63, 3.8) is 0 Å². The molecular formula is C37H52ClN3O10S. The molecule has 15 heteroatoms. The van der Waals surface area contributed by atoms with Crippen molar-refractivity contribution in [2.45, 2.75) is 101 Å². The maximum absolute atomic E-state index is 14.1. The molecule has 2 fully saturated rings. The number of alkyl carbamates (subject to hydrolysis) is 1. The summed E-state index contributed by atoms with van der Waals surface area (Å²) in [5, 5.41) is 14.7. The number of allylic oxidation sites excluding steroid dienone is 3. The molecule has 3 aliphatic heterocycles. The smallest absolute Gasteiger partial charge is 0.409 e. The number of halogens is 1. The average molecular weight is 766 g/mol. The van der Waals surface area contributed by atoms with Crippen LogP contribution in [0.15, 0.2) is 35.9 Å². The SMILES string of the molecule is COc1cc2cc(c1Cl)N(C)C(=O)C[C@H](OC(=O)CN(C)C(=O)CCC(C)SC)[C@]1(C)O[C@H]1[C@H](C)[C@@H]1C[C@@](O)(NC(=O)O1)[C@H](OC)/C=C/C=C(\C)C2. The predicted molar refractivity (Wildman–Crippen MR) is 199 cm³/mol. The highest BCUT2D eigenvalue weighted by molar-refractivity contribution is 7.99. The van der Waals surface area contributed by atoms with Crippen LogP contribution in [0.3, 0.4) is 0 Å². The highest BCUT2D eigenvalue weighted by Crippen LogP contribution is 2.49. The van der Waals surface area contributed by atoms with Gasteiger partial charge in [0.05, 0.1) is 25.3 Å². The Morgan fingerprint density at radius 1 is 1.27 bits per heavy atom. The van der Waals surface area contributed by atoms with Crippen LogP contribution in [-0.4, -0.2) is 116 Å². The summed E-state index contributed by atoms with van der Waals surface area (Å²) in [5.41, 5.74) is -0.861. The Bertz CT molecular complexity index is 1570. The van der Waals surface area contributed by atoms with Crippen LogP contribution in [0.25, 0.3) is 0 Å².